The van der Waals surface area contributed by atoms with E-state index in [4.69, 9.17) is 0 Å². The van der Waals surface area contributed by atoms with Crippen LogP contribution in [0.1, 0.15) is 26.4 Å². The van der Waals surface area contributed by atoms with Crippen LogP contribution in [0.15, 0.2) is 29.2 Å². The summed E-state index contributed by atoms with van der Waals surface area (Å²) in [5.74, 6) is 0.877. The van der Waals surface area contributed by atoms with Gasteiger partial charge < -0.3 is 5.32 Å². The Hall–Kier alpha value is -1.52. The second-order valence-electron chi connectivity index (χ2n) is 5.19. The lowest BCUT2D eigenvalue weighted by Gasteiger charge is -2.14. The highest BCUT2D eigenvalue weighted by atomic mass is 32.2. The molecule has 108 valence electrons. The number of amides is 1. The molecule has 3 rings (SSSR count). The highest BCUT2D eigenvalue weighted by molar-refractivity contribution is 8.03. The number of hydrogen-bond acceptors (Lipinski definition) is 3. The summed E-state index contributed by atoms with van der Waals surface area (Å²) in [6, 6.07) is 7.85. The van der Waals surface area contributed by atoms with E-state index in [0.717, 1.165) is 21.9 Å². The van der Waals surface area contributed by atoms with Gasteiger partial charge in [-0.2, -0.15) is 0 Å². The van der Waals surface area contributed by atoms with Crippen LogP contribution < -0.4 is 5.32 Å². The molecule has 4 heteroatoms. The van der Waals surface area contributed by atoms with Gasteiger partial charge in [0.1, 0.15) is 0 Å². The molecule has 2 nitrogen and oxygen atoms in total. The Kier molecular flexibility index (Phi) is 3.91. The molecule has 1 aliphatic rings. The molecule has 0 atom stereocenters. The van der Waals surface area contributed by atoms with Gasteiger partial charge in [0.2, 0.25) is 0 Å². The van der Waals surface area contributed by atoms with Crippen molar-refractivity contribution in [2.24, 2.45) is 0 Å². The minimum Gasteiger partial charge on any atom is -0.321 e. The number of fused-ring (bicyclic) bond motifs is 1. The molecule has 2 aromatic rings. The number of hydrogen-bond donors (Lipinski definition) is 1. The van der Waals surface area contributed by atoms with Gasteiger partial charge >= 0.3 is 0 Å². The van der Waals surface area contributed by atoms with Gasteiger partial charge in [-0.3, -0.25) is 4.79 Å². The molecule has 0 unspecified atom stereocenters. The van der Waals surface area contributed by atoms with Crippen molar-refractivity contribution in [2.75, 3.05) is 5.32 Å². The molecule has 1 N–H and O–H groups in total. The topological polar surface area (TPSA) is 29.1 Å². The van der Waals surface area contributed by atoms with Crippen molar-refractivity contribution >= 4 is 40.8 Å². The number of para-hydroxylation sites is 1. The maximum atomic E-state index is 12.4. The van der Waals surface area contributed by atoms with E-state index in [1.807, 2.05) is 37.3 Å². The van der Waals surface area contributed by atoms with Crippen molar-refractivity contribution in [2.45, 2.75) is 26.5 Å². The first kappa shape index (κ1) is 14.4. The molecule has 0 saturated heterocycles. The smallest absolute Gasteiger partial charge is 0.262 e. The average molecular weight is 315 g/mol. The molecule has 1 aromatic carbocycles. The van der Waals surface area contributed by atoms with Crippen molar-refractivity contribution in [3.63, 3.8) is 0 Å². The fourth-order valence-corrected chi connectivity index (χ4v) is 4.69. The Morgan fingerprint density at radius 1 is 1.19 bits per heavy atom. The molecular weight excluding hydrogens is 298 g/mol. The summed E-state index contributed by atoms with van der Waals surface area (Å²) < 4.78 is 0. The summed E-state index contributed by atoms with van der Waals surface area (Å²) in [6.45, 7) is 6.31. The third-order valence-electron chi connectivity index (χ3n) is 3.79. The normalized spacial score (nSPS) is 13.6. The molecule has 0 spiro atoms. The molecule has 1 aliphatic heterocycles. The highest BCUT2D eigenvalue weighted by Crippen LogP contribution is 2.39. The van der Waals surface area contributed by atoms with E-state index in [9.17, 15) is 4.79 Å². The number of rotatable bonds is 2. The summed E-state index contributed by atoms with van der Waals surface area (Å²) in [5, 5.41) is 3.01. The van der Waals surface area contributed by atoms with E-state index < -0.39 is 0 Å². The zero-order valence-electron chi connectivity index (χ0n) is 12.3. The molecule has 0 aliphatic carbocycles. The first-order valence-electron chi connectivity index (χ1n) is 6.86. The standard InChI is InChI=1S/C17H17NOS2/c1-10-6-4-5-7-14(10)18-17(19)16-8-15-13(9-20-16)11(2)12(3)21-15/h4-8H,9H2,1-3H3,(H,18,19). The molecule has 21 heavy (non-hydrogen) atoms. The number of aryl methyl sites for hydroxylation is 2. The molecule has 0 radical (unpaired) electrons. The minimum atomic E-state index is -0.0105. The largest absolute Gasteiger partial charge is 0.321 e. The van der Waals surface area contributed by atoms with E-state index in [0.29, 0.717) is 0 Å². The van der Waals surface area contributed by atoms with E-state index in [1.165, 1.54) is 20.9 Å². The Labute approximate surface area is 133 Å². The zero-order chi connectivity index (χ0) is 15.0. The van der Waals surface area contributed by atoms with Crippen LogP contribution in [-0.4, -0.2) is 5.91 Å². The third kappa shape index (κ3) is 2.78. The number of carbonyl (C=O) groups is 1. The summed E-state index contributed by atoms with van der Waals surface area (Å²) in [4.78, 5) is 15.8. The van der Waals surface area contributed by atoms with Crippen LogP contribution >= 0.6 is 23.1 Å². The summed E-state index contributed by atoms with van der Waals surface area (Å²) in [6.07, 6.45) is 2.03. The Morgan fingerprint density at radius 3 is 2.71 bits per heavy atom. The number of nitrogens with one attached hydrogen (secondary N) is 1. The van der Waals surface area contributed by atoms with Crippen LogP contribution in [0.5, 0.6) is 0 Å². The fourth-order valence-electron chi connectivity index (χ4n) is 2.34. The molecule has 0 bridgehead atoms. The van der Waals surface area contributed by atoms with E-state index in [1.54, 1.807) is 23.1 Å². The second-order valence-corrected chi connectivity index (χ2v) is 7.47. The number of thioether (sulfide) groups is 1. The number of thiophene rings is 1. The predicted molar refractivity (Wildman–Crippen MR) is 92.9 cm³/mol. The van der Waals surface area contributed by atoms with Crippen molar-refractivity contribution in [3.05, 3.63) is 55.6 Å². The highest BCUT2D eigenvalue weighted by Gasteiger charge is 2.21. The van der Waals surface area contributed by atoms with Crippen LogP contribution in [-0.2, 0) is 10.5 Å². The van der Waals surface area contributed by atoms with Crippen LogP contribution in [0, 0.1) is 20.8 Å². The molecule has 1 amide bonds. The van der Waals surface area contributed by atoms with Crippen LogP contribution in [0.3, 0.4) is 0 Å². The molecule has 1 aromatic heterocycles. The van der Waals surface area contributed by atoms with Crippen LogP contribution in [0.25, 0.3) is 6.08 Å². The Morgan fingerprint density at radius 2 is 1.95 bits per heavy atom. The summed E-state index contributed by atoms with van der Waals surface area (Å²) in [7, 11) is 0. The van der Waals surface area contributed by atoms with Gasteiger partial charge in [0.25, 0.3) is 5.91 Å². The quantitative estimate of drug-likeness (QED) is 0.854. The molecule has 0 saturated carbocycles. The Bertz CT molecular complexity index is 743. The lowest BCUT2D eigenvalue weighted by Crippen LogP contribution is -2.14. The molecule has 0 fully saturated rings. The van der Waals surface area contributed by atoms with Crippen LogP contribution in [0.4, 0.5) is 5.69 Å². The lowest BCUT2D eigenvalue weighted by molar-refractivity contribution is -0.112. The van der Waals surface area contributed by atoms with Gasteiger partial charge in [-0.25, -0.2) is 0 Å². The van der Waals surface area contributed by atoms with Gasteiger partial charge in [-0.05, 0) is 49.6 Å². The zero-order valence-corrected chi connectivity index (χ0v) is 14.0. The van der Waals surface area contributed by atoms with Gasteiger partial charge in [0.05, 0.1) is 4.91 Å². The first-order chi connectivity index (χ1) is 10.1. The average Bonchev–Trinajstić information content (AvgIpc) is 2.76. The lowest BCUT2D eigenvalue weighted by atomic mass is 10.1. The second kappa shape index (κ2) is 5.70. The predicted octanol–water partition coefficient (Wildman–Crippen LogP) is 4.90. The monoisotopic (exact) mass is 315 g/mol. The molecular formula is C17H17NOS2. The van der Waals surface area contributed by atoms with Crippen molar-refractivity contribution in [1.82, 2.24) is 0 Å². The van der Waals surface area contributed by atoms with Crippen molar-refractivity contribution in [1.29, 1.82) is 0 Å². The number of benzene rings is 1. The number of carbonyl (C=O) groups excluding carboxylic acids is 1. The van der Waals surface area contributed by atoms with Gasteiger partial charge in [0.15, 0.2) is 0 Å². The van der Waals surface area contributed by atoms with Gasteiger partial charge in [-0.1, -0.05) is 18.2 Å². The molecule has 2 heterocycles. The Balaban J connectivity index is 1.85. The maximum absolute atomic E-state index is 12.4. The van der Waals surface area contributed by atoms with Crippen molar-refractivity contribution in [3.8, 4) is 0 Å². The first-order valence-corrected chi connectivity index (χ1v) is 8.67. The van der Waals surface area contributed by atoms with Gasteiger partial charge in [-0.15, -0.1) is 23.1 Å². The van der Waals surface area contributed by atoms with E-state index in [2.05, 4.69) is 19.2 Å². The van der Waals surface area contributed by atoms with E-state index >= 15 is 0 Å². The van der Waals surface area contributed by atoms with Crippen molar-refractivity contribution < 1.29 is 4.79 Å². The minimum absolute atomic E-state index is 0.0105. The summed E-state index contributed by atoms with van der Waals surface area (Å²) in [5.41, 5.74) is 4.72. The van der Waals surface area contributed by atoms with Gasteiger partial charge in [0, 0.05) is 21.2 Å². The number of anilines is 1. The SMILES string of the molecule is Cc1ccccc1NC(=O)C1=Cc2sc(C)c(C)c2CS1. The van der Waals surface area contributed by atoms with Crippen LogP contribution in [0.2, 0.25) is 0 Å². The summed E-state index contributed by atoms with van der Waals surface area (Å²) >= 11 is 3.40. The van der Waals surface area contributed by atoms with E-state index in [-0.39, 0.29) is 5.91 Å². The third-order valence-corrected chi connectivity index (χ3v) is 6.04. The fraction of sp³-hybridized carbons (Fsp3) is 0.235. The maximum Gasteiger partial charge on any atom is 0.262 e.